The molecule has 70 valence electrons. The molecule has 0 aliphatic carbocycles. The molecule has 1 nitrogen and oxygen atoms in total. The van der Waals surface area contributed by atoms with Crippen LogP contribution in [0.5, 0.6) is 0 Å². The van der Waals surface area contributed by atoms with Crippen molar-refractivity contribution in [3.05, 3.63) is 60.7 Å². The van der Waals surface area contributed by atoms with E-state index in [4.69, 9.17) is 0 Å². The molecule has 0 aliphatic rings. The molecule has 0 radical (unpaired) electrons. The third kappa shape index (κ3) is 1.99. The molecule has 14 heavy (non-hydrogen) atoms. The fraction of sp³-hybridized carbons (Fsp3) is 0. The van der Waals surface area contributed by atoms with Gasteiger partial charge < -0.3 is 0 Å². The standard InChI is InChI=1S/C12H11AsO/c14-13(11-7-3-1-4-8-11)12-9-5-2-6-10-12/h1-10,13H. The summed E-state index contributed by atoms with van der Waals surface area (Å²) in [5.41, 5.74) is 0. The Kier molecular flexibility index (Phi) is 2.90. The van der Waals surface area contributed by atoms with Crippen molar-refractivity contribution in [1.29, 1.82) is 0 Å². The summed E-state index contributed by atoms with van der Waals surface area (Å²) < 4.78 is 14.1. The van der Waals surface area contributed by atoms with Gasteiger partial charge in [0.2, 0.25) is 0 Å². The van der Waals surface area contributed by atoms with Gasteiger partial charge in [-0.05, 0) is 0 Å². The van der Waals surface area contributed by atoms with E-state index in [1.807, 2.05) is 60.7 Å². The van der Waals surface area contributed by atoms with Crippen LogP contribution in [0.1, 0.15) is 0 Å². The summed E-state index contributed by atoms with van der Waals surface area (Å²) in [5.74, 6) is 0. The average molecular weight is 246 g/mol. The van der Waals surface area contributed by atoms with Crippen LogP contribution in [0.3, 0.4) is 0 Å². The van der Waals surface area contributed by atoms with E-state index in [9.17, 15) is 3.74 Å². The van der Waals surface area contributed by atoms with Gasteiger partial charge in [0.05, 0.1) is 0 Å². The molecule has 0 heterocycles. The van der Waals surface area contributed by atoms with Crippen LogP contribution in [0.2, 0.25) is 0 Å². The van der Waals surface area contributed by atoms with Gasteiger partial charge in [-0.25, -0.2) is 0 Å². The van der Waals surface area contributed by atoms with Crippen molar-refractivity contribution in [3.8, 4) is 0 Å². The first-order valence-electron chi connectivity index (χ1n) is 4.53. The first-order valence-corrected chi connectivity index (χ1v) is 7.48. The third-order valence-corrected chi connectivity index (χ3v) is 5.67. The molecule has 0 saturated heterocycles. The number of rotatable bonds is 2. The van der Waals surface area contributed by atoms with Crippen LogP contribution in [0.15, 0.2) is 60.7 Å². The Bertz CT molecular complexity index is 381. The summed E-state index contributed by atoms with van der Waals surface area (Å²) in [7, 11) is 0. The molecule has 2 aromatic rings. The SMILES string of the molecule is O=[AsH](c1ccccc1)c1ccccc1. The summed E-state index contributed by atoms with van der Waals surface area (Å²) in [6.07, 6.45) is 0. The zero-order valence-corrected chi connectivity index (χ0v) is 9.78. The average Bonchev–Trinajstić information content (AvgIpc) is 2.30. The van der Waals surface area contributed by atoms with Crippen molar-refractivity contribution < 1.29 is 3.74 Å². The molecule has 0 unspecified atom stereocenters. The van der Waals surface area contributed by atoms with Gasteiger partial charge in [-0.2, -0.15) is 0 Å². The van der Waals surface area contributed by atoms with E-state index in [2.05, 4.69) is 0 Å². The van der Waals surface area contributed by atoms with Crippen LogP contribution in [0.4, 0.5) is 0 Å². The second-order valence-electron chi connectivity index (χ2n) is 3.06. The van der Waals surface area contributed by atoms with Crippen LogP contribution >= 0.6 is 0 Å². The molecule has 0 aromatic heterocycles. The fourth-order valence-electron chi connectivity index (χ4n) is 1.35. The third-order valence-electron chi connectivity index (χ3n) is 2.07. The van der Waals surface area contributed by atoms with Gasteiger partial charge in [0.1, 0.15) is 0 Å². The maximum absolute atomic E-state index is 12.1. The Hall–Kier alpha value is -1.20. The summed E-state index contributed by atoms with van der Waals surface area (Å²) in [5, 5.41) is 0. The molecule has 0 fully saturated rings. The topological polar surface area (TPSA) is 17.1 Å². The van der Waals surface area contributed by atoms with E-state index in [1.165, 1.54) is 0 Å². The molecule has 0 atom stereocenters. The van der Waals surface area contributed by atoms with Gasteiger partial charge >= 0.3 is 87.7 Å². The van der Waals surface area contributed by atoms with Crippen molar-refractivity contribution in [2.75, 3.05) is 0 Å². The fourth-order valence-corrected chi connectivity index (χ4v) is 4.12. The molecular weight excluding hydrogens is 235 g/mol. The van der Waals surface area contributed by atoms with Gasteiger partial charge in [0.25, 0.3) is 0 Å². The Morgan fingerprint density at radius 1 is 0.643 bits per heavy atom. The van der Waals surface area contributed by atoms with Gasteiger partial charge in [0.15, 0.2) is 0 Å². The van der Waals surface area contributed by atoms with Gasteiger partial charge in [-0.3, -0.25) is 0 Å². The summed E-state index contributed by atoms with van der Waals surface area (Å²) >= 11 is -2.45. The van der Waals surface area contributed by atoms with Crippen molar-refractivity contribution >= 4 is 23.3 Å². The maximum atomic E-state index is 12.1. The van der Waals surface area contributed by atoms with E-state index in [-0.39, 0.29) is 0 Å². The van der Waals surface area contributed by atoms with E-state index >= 15 is 0 Å². The normalized spacial score (nSPS) is 10.4. The molecular formula is C12H11AsO. The molecule has 2 heteroatoms. The summed E-state index contributed by atoms with van der Waals surface area (Å²) in [4.78, 5) is 0. The molecule has 0 bridgehead atoms. The first kappa shape index (κ1) is 9.36. The zero-order valence-electron chi connectivity index (χ0n) is 7.68. The number of hydrogen-bond acceptors (Lipinski definition) is 1. The van der Waals surface area contributed by atoms with E-state index in [1.54, 1.807) is 0 Å². The molecule has 0 aliphatic heterocycles. The minimum absolute atomic E-state index is 0.985. The van der Waals surface area contributed by atoms with Crippen LogP contribution in [0.25, 0.3) is 0 Å². The van der Waals surface area contributed by atoms with Crippen LogP contribution in [0, 0.1) is 0 Å². The van der Waals surface area contributed by atoms with Crippen LogP contribution < -0.4 is 8.70 Å². The Labute approximate surface area is 87.9 Å². The number of benzene rings is 2. The molecule has 0 amide bonds. The predicted molar refractivity (Wildman–Crippen MR) is 60.0 cm³/mol. The molecule has 0 N–H and O–H groups in total. The second kappa shape index (κ2) is 4.34. The predicted octanol–water partition coefficient (Wildman–Crippen LogP) is 0.955. The summed E-state index contributed by atoms with van der Waals surface area (Å²) in [6.45, 7) is 0. The Morgan fingerprint density at radius 3 is 1.36 bits per heavy atom. The van der Waals surface area contributed by atoms with Crippen LogP contribution in [-0.2, 0) is 3.74 Å². The van der Waals surface area contributed by atoms with E-state index < -0.39 is 14.6 Å². The van der Waals surface area contributed by atoms with Crippen molar-refractivity contribution in [1.82, 2.24) is 0 Å². The van der Waals surface area contributed by atoms with Gasteiger partial charge in [-0.15, -0.1) is 0 Å². The molecule has 0 spiro atoms. The number of hydrogen-bond donors (Lipinski definition) is 0. The first-order chi connectivity index (χ1) is 6.88. The Morgan fingerprint density at radius 2 is 1.00 bits per heavy atom. The van der Waals surface area contributed by atoms with Gasteiger partial charge in [-0.1, -0.05) is 0 Å². The molecule has 2 rings (SSSR count). The van der Waals surface area contributed by atoms with E-state index in [0.29, 0.717) is 0 Å². The van der Waals surface area contributed by atoms with Crippen molar-refractivity contribution in [2.24, 2.45) is 0 Å². The molecule has 0 saturated carbocycles. The van der Waals surface area contributed by atoms with Crippen LogP contribution in [-0.4, -0.2) is 14.6 Å². The summed E-state index contributed by atoms with van der Waals surface area (Å²) in [6, 6.07) is 19.4. The van der Waals surface area contributed by atoms with Gasteiger partial charge in [0, 0.05) is 0 Å². The quantitative estimate of drug-likeness (QED) is 0.721. The Balaban J connectivity index is 2.35. The second-order valence-corrected chi connectivity index (χ2v) is 6.86. The zero-order chi connectivity index (χ0) is 9.80. The van der Waals surface area contributed by atoms with Crippen molar-refractivity contribution in [2.45, 2.75) is 0 Å². The van der Waals surface area contributed by atoms with E-state index in [0.717, 1.165) is 8.70 Å². The molecule has 2 aromatic carbocycles. The monoisotopic (exact) mass is 246 g/mol. The minimum atomic E-state index is -2.45. The van der Waals surface area contributed by atoms with Crippen molar-refractivity contribution in [3.63, 3.8) is 0 Å².